The summed E-state index contributed by atoms with van der Waals surface area (Å²) in [7, 11) is 0. The first-order valence-electron chi connectivity index (χ1n) is 14.3. The average molecular weight is 526 g/mol. The molecule has 4 atom stereocenters. The Morgan fingerprint density at radius 1 is 0.571 bits per heavy atom. The number of rotatable bonds is 16. The van der Waals surface area contributed by atoms with E-state index in [2.05, 4.69) is 0 Å². The Morgan fingerprint density at radius 2 is 0.943 bits per heavy atom. The first kappa shape index (κ1) is 19.9. The molecule has 194 valence electrons. The van der Waals surface area contributed by atoms with E-state index < -0.39 is 6.51 Å². The normalized spacial score (nSPS) is 65.5. The van der Waals surface area contributed by atoms with Crippen molar-refractivity contribution in [2.24, 2.45) is 0 Å². The fraction of sp³-hybridized carbons (Fsp3) is 0.857. The summed E-state index contributed by atoms with van der Waals surface area (Å²) in [6.07, 6.45) is 7.28. The van der Waals surface area contributed by atoms with Gasteiger partial charge in [-0.25, -0.2) is 0 Å². The molecule has 10 fully saturated rings. The summed E-state index contributed by atoms with van der Waals surface area (Å²) >= 11 is 0. The van der Waals surface area contributed by atoms with E-state index in [0.29, 0.717) is 50.5 Å². The van der Waals surface area contributed by atoms with E-state index in [0.717, 1.165) is 77.1 Å². The van der Waals surface area contributed by atoms with E-state index in [1.165, 1.54) is 0 Å². The van der Waals surface area contributed by atoms with Gasteiger partial charge in [0.1, 0.15) is 0 Å². The minimum atomic E-state index is -4.06. The molecule has 10 aliphatic rings. The standard InChI is InChI=1S/C23H33O6.C5H5.Fe/c1-3-28-22(26)16-9-5-7-14-20(24)18-12-11-13-19(18)21(25)15-8-6-10-17-23(27)29-4-2;1-2-4-5-3-1;/h11-13H,3-10,14-17H2,1-2H3;1-5H;. The molecule has 0 bridgehead atoms. The number of fused-ring (bicyclic) bond motifs is 10. The Kier molecular flexibility index (Phi) is 1.68. The van der Waals surface area contributed by atoms with Gasteiger partial charge in [0, 0.05) is 0 Å². The molecule has 10 saturated heterocycles. The number of hydrogen-bond acceptors (Lipinski definition) is 6. The fourth-order valence-corrected chi connectivity index (χ4v) is 96.4. The van der Waals surface area contributed by atoms with Crippen LogP contribution in [-0.2, 0) is 35.2 Å². The van der Waals surface area contributed by atoms with E-state index in [1.807, 2.05) is 13.8 Å². The van der Waals surface area contributed by atoms with Gasteiger partial charge in [-0.05, 0) is 0 Å². The Balaban J connectivity index is 0.868. The Bertz CT molecular complexity index is 1400. The first-order valence-corrected chi connectivity index (χ1v) is 20.5. The van der Waals surface area contributed by atoms with Crippen molar-refractivity contribution >= 4 is 23.5 Å². The van der Waals surface area contributed by atoms with Crippen molar-refractivity contribution in [3.8, 4) is 0 Å². The van der Waals surface area contributed by atoms with Gasteiger partial charge in [-0.1, -0.05) is 0 Å². The number of ether oxygens (including phenoxy) is 2. The zero-order valence-electron chi connectivity index (χ0n) is 20.9. The number of ketones is 2. The van der Waals surface area contributed by atoms with Crippen LogP contribution in [0, 0.1) is 0 Å². The third-order valence-electron chi connectivity index (χ3n) is 18.9. The van der Waals surface area contributed by atoms with Crippen LogP contribution in [0.3, 0.4) is 0 Å². The van der Waals surface area contributed by atoms with Gasteiger partial charge in [-0.15, -0.1) is 0 Å². The predicted octanol–water partition coefficient (Wildman–Crippen LogP) is 6.28. The quantitative estimate of drug-likeness (QED) is 0.134. The van der Waals surface area contributed by atoms with Crippen molar-refractivity contribution in [1.29, 1.82) is 0 Å². The van der Waals surface area contributed by atoms with Gasteiger partial charge in [0.05, 0.1) is 0 Å². The molecule has 35 heavy (non-hydrogen) atoms. The molecule has 0 aromatic rings. The van der Waals surface area contributed by atoms with Gasteiger partial charge >= 0.3 is 197 Å². The summed E-state index contributed by atoms with van der Waals surface area (Å²) in [5, 5.41) is 0. The molecule has 0 saturated carbocycles. The summed E-state index contributed by atoms with van der Waals surface area (Å²) in [4.78, 5) is 58.7. The molecule has 1 spiro atoms. The molecule has 0 radical (unpaired) electrons. The third-order valence-corrected chi connectivity index (χ3v) is 61.6. The third kappa shape index (κ3) is 0.461. The van der Waals surface area contributed by atoms with Crippen LogP contribution in [0.2, 0.25) is 47.2 Å². The van der Waals surface area contributed by atoms with Crippen LogP contribution in [0.25, 0.3) is 0 Å². The van der Waals surface area contributed by atoms with Gasteiger partial charge in [-0.2, -0.15) is 0 Å². The molecule has 7 heteroatoms. The molecule has 10 heterocycles. The SMILES string of the molecule is CCOC(=O)CCCCCC(=O)[C]12[CH]3[CH]4[CH]5[C]1(C(=O)CCCCCC(=O)OCC)[Fe]43521678[CH]2[CH]1[CH]6[CH]7[CH]28. The van der Waals surface area contributed by atoms with Crippen LogP contribution >= 0.6 is 0 Å². The second kappa shape index (κ2) is 2.96. The Labute approximate surface area is 196 Å². The molecular weight excluding hydrogens is 488 g/mol. The molecule has 0 amide bonds. The van der Waals surface area contributed by atoms with Crippen molar-refractivity contribution < 1.29 is 35.2 Å². The topological polar surface area (TPSA) is 86.7 Å². The summed E-state index contributed by atoms with van der Waals surface area (Å²) in [5.74, 6) is 0.792. The van der Waals surface area contributed by atoms with Crippen LogP contribution in [-0.4, -0.2) is 36.7 Å². The zero-order valence-corrected chi connectivity index (χ0v) is 22.0. The van der Waals surface area contributed by atoms with Gasteiger partial charge in [0.25, 0.3) is 0 Å². The second-order valence-corrected chi connectivity index (χ2v) is 38.5. The van der Waals surface area contributed by atoms with E-state index in [4.69, 9.17) is 9.47 Å². The van der Waals surface area contributed by atoms with Crippen molar-refractivity contribution in [1.82, 2.24) is 0 Å². The van der Waals surface area contributed by atoms with Crippen molar-refractivity contribution in [3.63, 3.8) is 0 Å². The molecule has 0 N–H and O–H groups in total. The minimum absolute atomic E-state index is 0.0603. The van der Waals surface area contributed by atoms with Crippen LogP contribution in [0.5, 0.6) is 0 Å². The van der Waals surface area contributed by atoms with E-state index in [1.54, 1.807) is 0 Å². The zero-order chi connectivity index (χ0) is 24.1. The molecule has 0 aromatic heterocycles. The van der Waals surface area contributed by atoms with Crippen molar-refractivity contribution in [3.05, 3.63) is 0 Å². The van der Waals surface area contributed by atoms with E-state index >= 15 is 0 Å². The number of Topliss-reactive ketones (excluding diaryl/α,β-unsaturated/α-hetero) is 2. The molecule has 10 rings (SSSR count). The molecule has 4 unspecified atom stereocenters. The molecule has 0 aromatic carbocycles. The number of carbonyl (C=O) groups excluding carboxylic acids is 4. The Morgan fingerprint density at radius 3 is 1.26 bits per heavy atom. The second-order valence-electron chi connectivity index (χ2n) is 15.3. The number of carbonyl (C=O) groups is 4. The van der Waals surface area contributed by atoms with Crippen LogP contribution < -0.4 is 0 Å². The van der Waals surface area contributed by atoms with Crippen LogP contribution in [0.15, 0.2) is 0 Å². The average Bonchev–Trinajstić information content (AvgIpc) is 3.77. The Hall–Kier alpha value is -1.20. The molecule has 6 nitrogen and oxygen atoms in total. The maximum atomic E-state index is 14.2. The van der Waals surface area contributed by atoms with Crippen molar-refractivity contribution in [2.45, 2.75) is 125 Å². The first-order chi connectivity index (χ1) is 16.7. The predicted molar refractivity (Wildman–Crippen MR) is 125 cm³/mol. The molecule has 0 aliphatic carbocycles. The van der Waals surface area contributed by atoms with Crippen molar-refractivity contribution in [2.75, 3.05) is 13.2 Å². The fourth-order valence-electron chi connectivity index (χ4n) is 20.4. The number of esters is 2. The van der Waals surface area contributed by atoms with Crippen LogP contribution in [0.1, 0.15) is 78.1 Å². The van der Waals surface area contributed by atoms with Gasteiger partial charge < -0.3 is 0 Å². The van der Waals surface area contributed by atoms with Gasteiger partial charge in [0.15, 0.2) is 0 Å². The van der Waals surface area contributed by atoms with E-state index in [9.17, 15) is 19.2 Å². The maximum absolute atomic E-state index is 14.2. The van der Waals surface area contributed by atoms with E-state index in [-0.39, 0.29) is 20.6 Å². The molecular formula is C28H38FeO6. The summed E-state index contributed by atoms with van der Waals surface area (Å²) in [6, 6.07) is 0. The summed E-state index contributed by atoms with van der Waals surface area (Å²) in [6.45, 7) is 0.444. The molecule has 10 aliphatic heterocycles. The summed E-state index contributed by atoms with van der Waals surface area (Å²) < 4.78 is 9.92. The van der Waals surface area contributed by atoms with Crippen LogP contribution in [0.4, 0.5) is 0 Å². The van der Waals surface area contributed by atoms with Gasteiger partial charge in [-0.3, -0.25) is 0 Å². The number of unbranched alkanes of at least 4 members (excludes halogenated alkanes) is 4. The van der Waals surface area contributed by atoms with Gasteiger partial charge in [0.2, 0.25) is 0 Å². The summed E-state index contributed by atoms with van der Waals surface area (Å²) in [5.41, 5.74) is 0. The number of hydrogen-bond donors (Lipinski definition) is 0. The monoisotopic (exact) mass is 526 g/mol.